The van der Waals surface area contributed by atoms with Crippen LogP contribution in [0.4, 0.5) is 23.4 Å². The van der Waals surface area contributed by atoms with Gasteiger partial charge in [-0.05, 0) is 12.1 Å². The van der Waals surface area contributed by atoms with Gasteiger partial charge in [0.1, 0.15) is 12.0 Å². The summed E-state index contributed by atoms with van der Waals surface area (Å²) in [5.41, 5.74) is -1.03. The molecule has 1 N–H and O–H groups in total. The summed E-state index contributed by atoms with van der Waals surface area (Å²) in [4.78, 5) is 28.7. The van der Waals surface area contributed by atoms with Gasteiger partial charge >= 0.3 is 6.18 Å². The van der Waals surface area contributed by atoms with Gasteiger partial charge < -0.3 is 5.32 Å². The van der Waals surface area contributed by atoms with Crippen molar-refractivity contribution in [3.63, 3.8) is 0 Å². The van der Waals surface area contributed by atoms with Crippen LogP contribution in [0.25, 0.3) is 0 Å². The molecule has 0 saturated heterocycles. The van der Waals surface area contributed by atoms with E-state index in [2.05, 4.69) is 30.9 Å². The predicted molar refractivity (Wildman–Crippen MR) is 105 cm³/mol. The van der Waals surface area contributed by atoms with E-state index in [0.717, 1.165) is 27.9 Å². The monoisotopic (exact) mass is 469 g/mol. The van der Waals surface area contributed by atoms with Gasteiger partial charge in [0.15, 0.2) is 11.4 Å². The second kappa shape index (κ2) is 9.70. The number of nitrogens with zero attached hydrogens (tertiary/aromatic N) is 8. The molecule has 2 amide bonds. The molecule has 0 bridgehead atoms. The van der Waals surface area contributed by atoms with E-state index in [4.69, 9.17) is 0 Å². The van der Waals surface area contributed by atoms with Gasteiger partial charge in [-0.2, -0.15) is 13.2 Å². The van der Waals surface area contributed by atoms with Crippen LogP contribution in [0.5, 0.6) is 0 Å². The molecule has 3 heterocycles. The van der Waals surface area contributed by atoms with E-state index < -0.39 is 29.7 Å². The van der Waals surface area contributed by atoms with Crippen molar-refractivity contribution in [2.45, 2.75) is 31.9 Å². The first-order valence-electron chi connectivity index (χ1n) is 9.56. The minimum Gasteiger partial charge on any atom is -0.354 e. The molecule has 11 nitrogen and oxygen atoms in total. The molecule has 0 aliphatic rings. The maximum absolute atomic E-state index is 14.4. The summed E-state index contributed by atoms with van der Waals surface area (Å²) in [6, 6.07) is 1.53. The number of hydrogen-bond acceptors (Lipinski definition) is 7. The van der Waals surface area contributed by atoms with Crippen LogP contribution >= 0.6 is 0 Å². The van der Waals surface area contributed by atoms with Crippen LogP contribution in [0.15, 0.2) is 30.7 Å². The number of aromatic nitrogens is 7. The van der Waals surface area contributed by atoms with Crippen molar-refractivity contribution < 1.29 is 27.2 Å². The second-order valence-electron chi connectivity index (χ2n) is 6.92. The van der Waals surface area contributed by atoms with E-state index in [0.29, 0.717) is 0 Å². The number of hydrogen-bond donors (Lipinski definition) is 1. The van der Waals surface area contributed by atoms with E-state index in [-0.39, 0.29) is 36.7 Å². The zero-order valence-electron chi connectivity index (χ0n) is 17.5. The summed E-state index contributed by atoms with van der Waals surface area (Å²) in [6.45, 7) is -0.0710. The molecule has 0 aromatic carbocycles. The predicted octanol–water partition coefficient (Wildman–Crippen LogP) is 1.35. The average Bonchev–Trinajstić information content (AvgIpc) is 3.45. The molecule has 0 spiro atoms. The number of amides is 2. The third-order valence-corrected chi connectivity index (χ3v) is 4.53. The summed E-state index contributed by atoms with van der Waals surface area (Å²) >= 11 is 0. The van der Waals surface area contributed by atoms with Crippen molar-refractivity contribution in [1.29, 1.82) is 0 Å². The smallest absolute Gasteiger partial charge is 0.354 e. The number of halogens is 4. The van der Waals surface area contributed by atoms with Gasteiger partial charge in [0.25, 0.3) is 11.8 Å². The van der Waals surface area contributed by atoms with Gasteiger partial charge in [-0.15, -0.1) is 10.2 Å². The number of carbonyl (C=O) groups excluding carboxylic acids is 2. The number of anilines is 1. The molecule has 0 aliphatic carbocycles. The number of aryl methyl sites for hydroxylation is 1. The van der Waals surface area contributed by atoms with Crippen LogP contribution in [-0.4, -0.2) is 67.1 Å². The number of alkyl halides is 4. The number of carbonyl (C=O) groups is 2. The largest absolute Gasteiger partial charge is 0.416 e. The molecular weight excluding hydrogens is 450 g/mol. The van der Waals surface area contributed by atoms with Gasteiger partial charge in [0.05, 0.1) is 24.5 Å². The van der Waals surface area contributed by atoms with E-state index in [1.807, 2.05) is 0 Å². The number of pyridine rings is 1. The lowest BCUT2D eigenvalue weighted by Crippen LogP contribution is -2.27. The van der Waals surface area contributed by atoms with Crippen molar-refractivity contribution in [3.05, 3.63) is 47.7 Å². The fourth-order valence-corrected chi connectivity index (χ4v) is 2.75. The Labute approximate surface area is 184 Å². The SMILES string of the molecule is CNC(=O)c1cn(CCC(F)Cn2cc(C(=O)N(C)c3cc(C(F)(F)F)ccn3)nn2)nn1. The highest BCUT2D eigenvalue weighted by molar-refractivity contribution is 6.03. The van der Waals surface area contributed by atoms with E-state index in [9.17, 15) is 27.2 Å². The van der Waals surface area contributed by atoms with Gasteiger partial charge in [-0.3, -0.25) is 19.2 Å². The third kappa shape index (κ3) is 5.87. The van der Waals surface area contributed by atoms with Crippen LogP contribution in [0.1, 0.15) is 33.0 Å². The topological polar surface area (TPSA) is 124 Å². The molecule has 176 valence electrons. The second-order valence-corrected chi connectivity index (χ2v) is 6.92. The molecule has 0 aliphatic heterocycles. The van der Waals surface area contributed by atoms with Crippen LogP contribution in [0.2, 0.25) is 0 Å². The molecule has 0 radical (unpaired) electrons. The molecule has 1 atom stereocenters. The van der Waals surface area contributed by atoms with Crippen LogP contribution in [0.3, 0.4) is 0 Å². The first-order chi connectivity index (χ1) is 15.6. The minimum atomic E-state index is -4.59. The van der Waals surface area contributed by atoms with Gasteiger partial charge in [-0.25, -0.2) is 14.1 Å². The zero-order chi connectivity index (χ0) is 24.2. The zero-order valence-corrected chi connectivity index (χ0v) is 17.5. The fraction of sp³-hybridized carbons (Fsp3) is 0.389. The highest BCUT2D eigenvalue weighted by Gasteiger charge is 2.31. The van der Waals surface area contributed by atoms with Gasteiger partial charge in [0.2, 0.25) is 0 Å². The maximum atomic E-state index is 14.4. The van der Waals surface area contributed by atoms with Crippen LogP contribution in [0, 0.1) is 0 Å². The lowest BCUT2D eigenvalue weighted by Gasteiger charge is -2.16. The Kier molecular flexibility index (Phi) is 6.98. The summed E-state index contributed by atoms with van der Waals surface area (Å²) in [6.07, 6.45) is -2.43. The Balaban J connectivity index is 1.58. The number of nitrogens with one attached hydrogen (secondary N) is 1. The number of rotatable bonds is 8. The highest BCUT2D eigenvalue weighted by atomic mass is 19.4. The molecule has 33 heavy (non-hydrogen) atoms. The lowest BCUT2D eigenvalue weighted by atomic mass is 10.2. The minimum absolute atomic E-state index is 0.0216. The highest BCUT2D eigenvalue weighted by Crippen LogP contribution is 2.30. The van der Waals surface area contributed by atoms with E-state index in [1.54, 1.807) is 0 Å². The van der Waals surface area contributed by atoms with Crippen molar-refractivity contribution in [2.75, 3.05) is 19.0 Å². The summed E-state index contributed by atoms with van der Waals surface area (Å²) in [5.74, 6) is -1.40. The Morgan fingerprint density at radius 2 is 1.82 bits per heavy atom. The van der Waals surface area contributed by atoms with Crippen LogP contribution in [-0.2, 0) is 19.3 Å². The quantitative estimate of drug-likeness (QED) is 0.494. The Bertz CT molecular complexity index is 1130. The van der Waals surface area contributed by atoms with Gasteiger partial charge in [-0.1, -0.05) is 10.4 Å². The molecular formula is C18H19F4N9O2. The summed E-state index contributed by atoms with van der Waals surface area (Å²) < 4.78 is 55.4. The third-order valence-electron chi connectivity index (χ3n) is 4.53. The first-order valence-corrected chi connectivity index (χ1v) is 9.56. The normalized spacial score (nSPS) is 12.4. The Morgan fingerprint density at radius 1 is 1.15 bits per heavy atom. The van der Waals surface area contributed by atoms with E-state index >= 15 is 0 Å². The average molecular weight is 469 g/mol. The Hall–Kier alpha value is -3.91. The fourth-order valence-electron chi connectivity index (χ4n) is 2.75. The lowest BCUT2D eigenvalue weighted by molar-refractivity contribution is -0.137. The Morgan fingerprint density at radius 3 is 2.52 bits per heavy atom. The molecule has 15 heteroatoms. The first kappa shape index (κ1) is 23.7. The standard InChI is InChI=1S/C18H19F4N9O2/c1-23-16(32)13-9-30(27-25-13)6-4-12(19)8-31-10-14(26-28-31)17(33)29(2)15-7-11(3-5-24-15)18(20,21)22/h3,5,7,9-10,12H,4,6,8H2,1-2H3,(H,23,32). The molecule has 1 unspecified atom stereocenters. The van der Waals surface area contributed by atoms with Crippen LogP contribution < -0.4 is 10.2 Å². The molecule has 3 rings (SSSR count). The maximum Gasteiger partial charge on any atom is 0.416 e. The summed E-state index contributed by atoms with van der Waals surface area (Å²) in [5, 5.41) is 17.2. The van der Waals surface area contributed by atoms with Crippen molar-refractivity contribution in [3.8, 4) is 0 Å². The molecule has 3 aromatic rings. The summed E-state index contributed by atoms with van der Waals surface area (Å²) in [7, 11) is 2.69. The van der Waals surface area contributed by atoms with E-state index in [1.165, 1.54) is 31.2 Å². The molecule has 3 aromatic heterocycles. The van der Waals surface area contributed by atoms with Crippen molar-refractivity contribution in [2.24, 2.45) is 0 Å². The molecule has 0 fully saturated rings. The van der Waals surface area contributed by atoms with Gasteiger partial charge in [0, 0.05) is 33.3 Å². The van der Waals surface area contributed by atoms with Crippen molar-refractivity contribution >= 4 is 17.6 Å². The van der Waals surface area contributed by atoms with Crippen molar-refractivity contribution in [1.82, 2.24) is 40.3 Å². The molecule has 0 saturated carbocycles.